The molecule has 0 aliphatic heterocycles. The largest absolute Gasteiger partial charge is 0.373 e. The van der Waals surface area contributed by atoms with E-state index in [-0.39, 0.29) is 0 Å². The Kier molecular flexibility index (Phi) is 5.45. The zero-order chi connectivity index (χ0) is 12.8. The minimum absolute atomic E-state index is 0.461. The minimum atomic E-state index is 0.461. The summed E-state index contributed by atoms with van der Waals surface area (Å²) in [4.78, 5) is 5.59. The molecule has 1 heterocycles. The van der Waals surface area contributed by atoms with E-state index in [0.717, 1.165) is 30.6 Å². The van der Waals surface area contributed by atoms with Crippen LogP contribution in [0.15, 0.2) is 6.20 Å². The molecule has 1 aromatic heterocycles. The molecule has 0 saturated heterocycles. The molecule has 102 valence electrons. The summed E-state index contributed by atoms with van der Waals surface area (Å²) in [6.07, 6.45) is 8.66. The molecule has 0 spiro atoms. The number of anilines is 1. The Balaban J connectivity index is 1.74. The first-order chi connectivity index (χ1) is 8.78. The maximum Gasteiger partial charge on any atom is 0.182 e. The Morgan fingerprint density at radius 3 is 3.17 bits per heavy atom. The van der Waals surface area contributed by atoms with Crippen molar-refractivity contribution in [3.05, 3.63) is 11.1 Å². The van der Waals surface area contributed by atoms with Crippen molar-refractivity contribution in [2.75, 3.05) is 11.9 Å². The molecule has 1 aromatic rings. The highest BCUT2D eigenvalue weighted by Gasteiger charge is 2.19. The average molecular weight is 268 g/mol. The summed E-state index contributed by atoms with van der Waals surface area (Å²) in [5.74, 6) is 0.826. The third kappa shape index (κ3) is 4.25. The van der Waals surface area contributed by atoms with Gasteiger partial charge in [-0.25, -0.2) is 4.98 Å². The molecule has 0 amide bonds. The minimum Gasteiger partial charge on any atom is -0.373 e. The number of nitrogens with one attached hydrogen (secondary N) is 1. The molecule has 1 aliphatic carbocycles. The summed E-state index contributed by atoms with van der Waals surface area (Å²) in [5, 5.41) is 4.33. The van der Waals surface area contributed by atoms with Gasteiger partial charge in [0.05, 0.1) is 17.6 Å². The summed E-state index contributed by atoms with van der Waals surface area (Å²) in [5.41, 5.74) is 0. The smallest absolute Gasteiger partial charge is 0.182 e. The summed E-state index contributed by atoms with van der Waals surface area (Å²) in [6.45, 7) is 6.21. The van der Waals surface area contributed by atoms with E-state index in [1.807, 2.05) is 6.20 Å². The Labute approximate surface area is 114 Å². The van der Waals surface area contributed by atoms with Gasteiger partial charge in [-0.05, 0) is 25.2 Å². The molecule has 1 fully saturated rings. The molecule has 1 saturated carbocycles. The molecule has 0 bridgehead atoms. The second-order valence-corrected chi connectivity index (χ2v) is 6.38. The summed E-state index contributed by atoms with van der Waals surface area (Å²) in [6, 6.07) is 0. The topological polar surface area (TPSA) is 34.2 Å². The molecular weight excluding hydrogens is 244 g/mol. The number of nitrogens with zero attached hydrogens (tertiary/aromatic N) is 1. The number of aromatic nitrogens is 1. The number of hydrogen-bond donors (Lipinski definition) is 1. The van der Waals surface area contributed by atoms with Gasteiger partial charge in [-0.1, -0.05) is 38.0 Å². The van der Waals surface area contributed by atoms with Crippen LogP contribution < -0.4 is 5.32 Å². The van der Waals surface area contributed by atoms with Crippen molar-refractivity contribution in [3.8, 4) is 0 Å². The van der Waals surface area contributed by atoms with E-state index in [4.69, 9.17) is 4.74 Å². The van der Waals surface area contributed by atoms with Crippen molar-refractivity contribution in [3.63, 3.8) is 0 Å². The fourth-order valence-corrected chi connectivity index (χ4v) is 3.18. The van der Waals surface area contributed by atoms with Crippen LogP contribution in [-0.2, 0) is 11.3 Å². The predicted octanol–water partition coefficient (Wildman–Crippen LogP) is 4.06. The fourth-order valence-electron chi connectivity index (χ4n) is 2.42. The zero-order valence-electron chi connectivity index (χ0n) is 11.4. The van der Waals surface area contributed by atoms with Crippen molar-refractivity contribution in [1.29, 1.82) is 0 Å². The van der Waals surface area contributed by atoms with Gasteiger partial charge in [-0.2, -0.15) is 0 Å². The van der Waals surface area contributed by atoms with Crippen LogP contribution in [0, 0.1) is 5.92 Å². The first kappa shape index (κ1) is 13.8. The summed E-state index contributed by atoms with van der Waals surface area (Å²) in [7, 11) is 0. The van der Waals surface area contributed by atoms with E-state index < -0.39 is 0 Å². The van der Waals surface area contributed by atoms with Gasteiger partial charge in [0, 0.05) is 12.7 Å². The molecule has 4 heteroatoms. The quantitative estimate of drug-likeness (QED) is 0.844. The number of hydrogen-bond acceptors (Lipinski definition) is 4. The normalized spacial score (nSPS) is 24.1. The van der Waals surface area contributed by atoms with Gasteiger partial charge in [-0.3, -0.25) is 0 Å². The highest BCUT2D eigenvalue weighted by molar-refractivity contribution is 7.15. The third-order valence-electron chi connectivity index (χ3n) is 3.43. The molecule has 1 aliphatic rings. The van der Waals surface area contributed by atoms with E-state index >= 15 is 0 Å². The lowest BCUT2D eigenvalue weighted by Gasteiger charge is -2.26. The van der Waals surface area contributed by atoms with Gasteiger partial charge >= 0.3 is 0 Å². The van der Waals surface area contributed by atoms with Crippen LogP contribution in [0.3, 0.4) is 0 Å². The molecule has 3 nitrogen and oxygen atoms in total. The van der Waals surface area contributed by atoms with Gasteiger partial charge in [0.1, 0.15) is 0 Å². The molecule has 0 aromatic carbocycles. The van der Waals surface area contributed by atoms with Gasteiger partial charge < -0.3 is 10.1 Å². The molecule has 18 heavy (non-hydrogen) atoms. The van der Waals surface area contributed by atoms with Crippen LogP contribution in [-0.4, -0.2) is 17.6 Å². The van der Waals surface area contributed by atoms with Crippen LogP contribution in [0.25, 0.3) is 0 Å². The highest BCUT2D eigenvalue weighted by atomic mass is 32.1. The Morgan fingerprint density at radius 2 is 2.39 bits per heavy atom. The number of ether oxygens (including phenoxy) is 1. The van der Waals surface area contributed by atoms with Gasteiger partial charge in [0.25, 0.3) is 0 Å². The molecular formula is C14H24N2OS. The van der Waals surface area contributed by atoms with Crippen molar-refractivity contribution < 1.29 is 4.74 Å². The van der Waals surface area contributed by atoms with Crippen molar-refractivity contribution in [2.45, 2.75) is 58.7 Å². The van der Waals surface area contributed by atoms with Crippen LogP contribution >= 0.6 is 11.3 Å². The SMILES string of the molecule is CCCNc1ncc(COC2CCCC(C)C2)s1. The fraction of sp³-hybridized carbons (Fsp3) is 0.786. The number of thiazole rings is 1. The van der Waals surface area contributed by atoms with E-state index in [1.54, 1.807) is 11.3 Å². The first-order valence-corrected chi connectivity index (χ1v) is 7.89. The Bertz CT molecular complexity index is 353. The maximum atomic E-state index is 6.00. The first-order valence-electron chi connectivity index (χ1n) is 7.08. The van der Waals surface area contributed by atoms with Gasteiger partial charge in [0.15, 0.2) is 5.13 Å². The molecule has 2 rings (SSSR count). The van der Waals surface area contributed by atoms with E-state index in [9.17, 15) is 0 Å². The molecule has 2 atom stereocenters. The highest BCUT2D eigenvalue weighted by Crippen LogP contribution is 2.27. The monoisotopic (exact) mass is 268 g/mol. The number of rotatable bonds is 6. The van der Waals surface area contributed by atoms with E-state index in [1.165, 1.54) is 30.6 Å². The summed E-state index contributed by atoms with van der Waals surface area (Å²) < 4.78 is 6.00. The molecule has 1 N–H and O–H groups in total. The Morgan fingerprint density at radius 1 is 1.50 bits per heavy atom. The van der Waals surface area contributed by atoms with Crippen molar-refractivity contribution >= 4 is 16.5 Å². The summed E-state index contributed by atoms with van der Waals surface area (Å²) >= 11 is 1.71. The average Bonchev–Trinajstić information content (AvgIpc) is 2.82. The zero-order valence-corrected chi connectivity index (χ0v) is 12.3. The lowest BCUT2D eigenvalue weighted by molar-refractivity contribution is 0.00584. The third-order valence-corrected chi connectivity index (χ3v) is 4.36. The van der Waals surface area contributed by atoms with Crippen LogP contribution in [0.1, 0.15) is 50.8 Å². The van der Waals surface area contributed by atoms with Crippen molar-refractivity contribution in [1.82, 2.24) is 4.98 Å². The van der Waals surface area contributed by atoms with Crippen molar-refractivity contribution in [2.24, 2.45) is 5.92 Å². The van der Waals surface area contributed by atoms with Crippen LogP contribution in [0.2, 0.25) is 0 Å². The van der Waals surface area contributed by atoms with Gasteiger partial charge in [-0.15, -0.1) is 0 Å². The van der Waals surface area contributed by atoms with E-state index in [0.29, 0.717) is 6.10 Å². The van der Waals surface area contributed by atoms with Crippen LogP contribution in [0.4, 0.5) is 5.13 Å². The standard InChI is InChI=1S/C14H24N2OS/c1-3-7-15-14-16-9-13(18-14)10-17-12-6-4-5-11(2)8-12/h9,11-12H,3-8,10H2,1-2H3,(H,15,16). The predicted molar refractivity (Wildman–Crippen MR) is 77.1 cm³/mol. The molecule has 2 unspecified atom stereocenters. The lowest BCUT2D eigenvalue weighted by atomic mass is 9.89. The van der Waals surface area contributed by atoms with E-state index in [2.05, 4.69) is 24.1 Å². The lowest BCUT2D eigenvalue weighted by Crippen LogP contribution is -2.21. The molecule has 0 radical (unpaired) electrons. The van der Waals surface area contributed by atoms with Crippen LogP contribution in [0.5, 0.6) is 0 Å². The Hall–Kier alpha value is -0.610. The second kappa shape index (κ2) is 7.10. The maximum absolute atomic E-state index is 6.00. The second-order valence-electron chi connectivity index (χ2n) is 5.26. The van der Waals surface area contributed by atoms with Gasteiger partial charge in [0.2, 0.25) is 0 Å².